The van der Waals surface area contributed by atoms with Crippen molar-refractivity contribution < 1.29 is 4.79 Å². The van der Waals surface area contributed by atoms with E-state index in [4.69, 9.17) is 11.6 Å². The number of rotatable bonds is 4. The molecule has 2 saturated heterocycles. The zero-order valence-electron chi connectivity index (χ0n) is 16.0. The fraction of sp³-hybridized carbons (Fsp3) is 0.409. The lowest BCUT2D eigenvalue weighted by molar-refractivity contribution is -0.130. The quantitative estimate of drug-likeness (QED) is 0.831. The van der Waals surface area contributed by atoms with Crippen LogP contribution in [0, 0.1) is 0 Å². The van der Waals surface area contributed by atoms with Crippen molar-refractivity contribution in [2.24, 2.45) is 0 Å². The summed E-state index contributed by atoms with van der Waals surface area (Å²) < 4.78 is 0. The Kier molecular flexibility index (Phi) is 6.27. The Morgan fingerprint density at radius 1 is 0.964 bits per heavy atom. The Hall–Kier alpha value is -1.92. The van der Waals surface area contributed by atoms with Gasteiger partial charge in [-0.2, -0.15) is 0 Å². The van der Waals surface area contributed by atoms with Gasteiger partial charge in [-0.1, -0.05) is 60.1 Å². The Labute approximate surface area is 171 Å². The summed E-state index contributed by atoms with van der Waals surface area (Å²) >= 11 is 6.22. The minimum atomic E-state index is 0.162. The molecule has 0 aliphatic carbocycles. The molecule has 0 bridgehead atoms. The van der Waals surface area contributed by atoms with Gasteiger partial charge in [0.1, 0.15) is 0 Å². The van der Waals surface area contributed by atoms with Crippen LogP contribution < -0.4 is 10.9 Å². The highest BCUT2D eigenvalue weighted by molar-refractivity contribution is 6.31. The van der Waals surface area contributed by atoms with E-state index in [1.54, 1.807) is 0 Å². The van der Waals surface area contributed by atoms with Crippen molar-refractivity contribution in [3.8, 4) is 0 Å². The summed E-state index contributed by atoms with van der Waals surface area (Å²) in [5.41, 5.74) is 9.09. The van der Waals surface area contributed by atoms with Gasteiger partial charge in [0.15, 0.2) is 0 Å². The van der Waals surface area contributed by atoms with Gasteiger partial charge in [-0.3, -0.25) is 9.69 Å². The normalized spacial score (nSPS) is 23.5. The average Bonchev–Trinajstić information content (AvgIpc) is 3.08. The molecule has 2 N–H and O–H groups in total. The minimum Gasteiger partial charge on any atom is -0.341 e. The van der Waals surface area contributed by atoms with Crippen LogP contribution in [0.5, 0.6) is 0 Å². The SMILES string of the molecule is O=C(Cc1ccccc1Cl)N1CCCN(C2CC(c3ccccc3)NN2)CC1. The Morgan fingerprint density at radius 3 is 2.57 bits per heavy atom. The second kappa shape index (κ2) is 9.05. The highest BCUT2D eigenvalue weighted by atomic mass is 35.5. The number of hydrogen-bond donors (Lipinski definition) is 2. The van der Waals surface area contributed by atoms with Crippen molar-refractivity contribution in [3.05, 3.63) is 70.7 Å². The van der Waals surface area contributed by atoms with Crippen LogP contribution in [0.15, 0.2) is 54.6 Å². The predicted octanol–water partition coefficient (Wildman–Crippen LogP) is 2.98. The molecule has 148 valence electrons. The summed E-state index contributed by atoms with van der Waals surface area (Å²) in [5, 5.41) is 0.667. The van der Waals surface area contributed by atoms with Gasteiger partial charge < -0.3 is 4.90 Å². The third kappa shape index (κ3) is 4.55. The molecule has 2 unspecified atom stereocenters. The van der Waals surface area contributed by atoms with Crippen LogP contribution in [0.25, 0.3) is 0 Å². The second-order valence-electron chi connectivity index (χ2n) is 7.54. The molecule has 0 saturated carbocycles. The summed E-state index contributed by atoms with van der Waals surface area (Å²) in [5.74, 6) is 0.162. The standard InChI is InChI=1S/C22H27ClN4O/c23-19-10-5-4-9-18(19)15-22(28)27-12-6-11-26(13-14-27)21-16-20(24-25-21)17-7-2-1-3-8-17/h1-5,7-10,20-21,24-25H,6,11-16H2. The maximum Gasteiger partial charge on any atom is 0.227 e. The van der Waals surface area contributed by atoms with Crippen LogP contribution in [-0.2, 0) is 11.2 Å². The first kappa shape index (κ1) is 19.4. The Balaban J connectivity index is 1.31. The molecule has 5 nitrogen and oxygen atoms in total. The van der Waals surface area contributed by atoms with Gasteiger partial charge in [-0.25, -0.2) is 10.9 Å². The molecular weight excluding hydrogens is 372 g/mol. The molecule has 28 heavy (non-hydrogen) atoms. The molecule has 2 fully saturated rings. The topological polar surface area (TPSA) is 47.6 Å². The number of nitrogens with one attached hydrogen (secondary N) is 2. The van der Waals surface area contributed by atoms with E-state index in [2.05, 4.69) is 40.0 Å². The lowest BCUT2D eigenvalue weighted by atomic mass is 10.0. The number of nitrogens with zero attached hydrogens (tertiary/aromatic N) is 2. The van der Waals surface area contributed by atoms with Crippen LogP contribution in [0.3, 0.4) is 0 Å². The van der Waals surface area contributed by atoms with Gasteiger partial charge in [0.2, 0.25) is 5.91 Å². The number of halogens is 1. The first-order valence-corrected chi connectivity index (χ1v) is 10.4. The van der Waals surface area contributed by atoms with Crippen LogP contribution in [0.1, 0.15) is 30.0 Å². The van der Waals surface area contributed by atoms with E-state index < -0.39 is 0 Å². The summed E-state index contributed by atoms with van der Waals surface area (Å²) in [4.78, 5) is 17.2. The van der Waals surface area contributed by atoms with Gasteiger partial charge in [-0.15, -0.1) is 0 Å². The van der Waals surface area contributed by atoms with Crippen molar-refractivity contribution in [1.29, 1.82) is 0 Å². The van der Waals surface area contributed by atoms with E-state index in [1.807, 2.05) is 35.2 Å². The lowest BCUT2D eigenvalue weighted by Crippen LogP contribution is -2.46. The molecule has 0 spiro atoms. The molecular formula is C22H27ClN4O. The molecule has 2 aromatic rings. The van der Waals surface area contributed by atoms with E-state index in [1.165, 1.54) is 5.56 Å². The van der Waals surface area contributed by atoms with E-state index in [0.717, 1.165) is 44.6 Å². The molecule has 2 heterocycles. The predicted molar refractivity (Wildman–Crippen MR) is 112 cm³/mol. The maximum atomic E-state index is 12.8. The number of amides is 1. The van der Waals surface area contributed by atoms with Crippen molar-refractivity contribution >= 4 is 17.5 Å². The van der Waals surface area contributed by atoms with Crippen LogP contribution >= 0.6 is 11.6 Å². The van der Waals surface area contributed by atoms with Crippen LogP contribution in [0.4, 0.5) is 0 Å². The first-order chi connectivity index (χ1) is 13.7. The van der Waals surface area contributed by atoms with Gasteiger partial charge in [0, 0.05) is 37.2 Å². The number of hydrogen-bond acceptors (Lipinski definition) is 4. The monoisotopic (exact) mass is 398 g/mol. The smallest absolute Gasteiger partial charge is 0.227 e. The number of carbonyl (C=O) groups excluding carboxylic acids is 1. The molecule has 2 aliphatic rings. The molecule has 0 radical (unpaired) electrons. The van der Waals surface area contributed by atoms with Crippen molar-refractivity contribution in [2.75, 3.05) is 26.2 Å². The molecule has 6 heteroatoms. The molecule has 2 aliphatic heterocycles. The van der Waals surface area contributed by atoms with Crippen molar-refractivity contribution in [3.63, 3.8) is 0 Å². The van der Waals surface area contributed by atoms with E-state index >= 15 is 0 Å². The third-order valence-electron chi connectivity index (χ3n) is 5.71. The summed E-state index contributed by atoms with van der Waals surface area (Å²) in [6.45, 7) is 3.45. The van der Waals surface area contributed by atoms with Crippen LogP contribution in [0.2, 0.25) is 5.02 Å². The zero-order valence-corrected chi connectivity index (χ0v) is 16.7. The van der Waals surface area contributed by atoms with Gasteiger partial charge >= 0.3 is 0 Å². The maximum absolute atomic E-state index is 12.8. The van der Waals surface area contributed by atoms with Crippen LogP contribution in [-0.4, -0.2) is 48.1 Å². The largest absolute Gasteiger partial charge is 0.341 e. The summed E-state index contributed by atoms with van der Waals surface area (Å²) in [7, 11) is 0. The molecule has 2 atom stereocenters. The van der Waals surface area contributed by atoms with E-state index in [9.17, 15) is 4.79 Å². The van der Waals surface area contributed by atoms with Crippen molar-refractivity contribution in [1.82, 2.24) is 20.7 Å². The highest BCUT2D eigenvalue weighted by Gasteiger charge is 2.31. The fourth-order valence-corrected chi connectivity index (χ4v) is 4.30. The summed E-state index contributed by atoms with van der Waals surface area (Å²) in [6.07, 6.45) is 2.68. The van der Waals surface area contributed by atoms with Gasteiger partial charge in [0.25, 0.3) is 0 Å². The summed E-state index contributed by atoms with van der Waals surface area (Å²) in [6, 6.07) is 18.5. The Bertz CT molecular complexity index is 800. The zero-order chi connectivity index (χ0) is 19.3. The lowest BCUT2D eigenvalue weighted by Gasteiger charge is -2.27. The average molecular weight is 399 g/mol. The molecule has 2 aromatic carbocycles. The van der Waals surface area contributed by atoms with Gasteiger partial charge in [-0.05, 0) is 30.0 Å². The molecule has 1 amide bonds. The third-order valence-corrected chi connectivity index (χ3v) is 6.08. The number of hydrazine groups is 1. The van der Waals surface area contributed by atoms with Gasteiger partial charge in [0.05, 0.1) is 12.6 Å². The molecule has 0 aromatic heterocycles. The highest BCUT2D eigenvalue weighted by Crippen LogP contribution is 2.24. The fourth-order valence-electron chi connectivity index (χ4n) is 4.10. The number of benzene rings is 2. The Morgan fingerprint density at radius 2 is 1.75 bits per heavy atom. The van der Waals surface area contributed by atoms with E-state index in [-0.39, 0.29) is 5.91 Å². The molecule has 4 rings (SSSR count). The van der Waals surface area contributed by atoms with Crippen molar-refractivity contribution in [2.45, 2.75) is 31.5 Å². The number of carbonyl (C=O) groups is 1. The first-order valence-electron chi connectivity index (χ1n) is 10.0. The second-order valence-corrected chi connectivity index (χ2v) is 7.95. The van der Waals surface area contributed by atoms with E-state index in [0.29, 0.717) is 23.7 Å². The minimum absolute atomic E-state index is 0.162.